The SMILES string of the molecule is CC(O)c1ccccc1NC(=O)c1ccn(-c2ccc(F)cc2)n1. The number of halogens is 1. The fraction of sp³-hybridized carbons (Fsp3) is 0.111. The Hall–Kier alpha value is -2.99. The van der Waals surface area contributed by atoms with Crippen molar-refractivity contribution in [2.24, 2.45) is 0 Å². The molecule has 1 amide bonds. The summed E-state index contributed by atoms with van der Waals surface area (Å²) in [7, 11) is 0. The number of nitrogens with zero attached hydrogens (tertiary/aromatic N) is 2. The molecule has 2 N–H and O–H groups in total. The molecule has 24 heavy (non-hydrogen) atoms. The van der Waals surface area contributed by atoms with E-state index >= 15 is 0 Å². The highest BCUT2D eigenvalue weighted by atomic mass is 19.1. The second kappa shape index (κ2) is 6.64. The van der Waals surface area contributed by atoms with Crippen LogP contribution in [0.5, 0.6) is 0 Å². The van der Waals surface area contributed by atoms with Crippen LogP contribution < -0.4 is 5.32 Å². The third-order valence-corrected chi connectivity index (χ3v) is 3.57. The Labute approximate surface area is 138 Å². The van der Waals surface area contributed by atoms with E-state index in [1.807, 2.05) is 0 Å². The summed E-state index contributed by atoms with van der Waals surface area (Å²) in [5.41, 5.74) is 2.04. The Kier molecular flexibility index (Phi) is 4.39. The van der Waals surface area contributed by atoms with Gasteiger partial charge in [0.1, 0.15) is 5.82 Å². The third-order valence-electron chi connectivity index (χ3n) is 3.57. The van der Waals surface area contributed by atoms with Gasteiger partial charge in [0.2, 0.25) is 0 Å². The Morgan fingerprint density at radius 1 is 1.17 bits per heavy atom. The summed E-state index contributed by atoms with van der Waals surface area (Å²) in [5, 5.41) is 16.7. The molecule has 0 spiro atoms. The van der Waals surface area contributed by atoms with Crippen molar-refractivity contribution in [2.45, 2.75) is 13.0 Å². The topological polar surface area (TPSA) is 67.2 Å². The van der Waals surface area contributed by atoms with Gasteiger partial charge in [0, 0.05) is 17.4 Å². The molecule has 1 unspecified atom stereocenters. The van der Waals surface area contributed by atoms with Gasteiger partial charge in [-0.05, 0) is 43.3 Å². The van der Waals surface area contributed by atoms with Gasteiger partial charge >= 0.3 is 0 Å². The molecule has 0 saturated heterocycles. The van der Waals surface area contributed by atoms with E-state index in [0.29, 0.717) is 16.9 Å². The minimum Gasteiger partial charge on any atom is -0.389 e. The minimum atomic E-state index is -0.696. The standard InChI is InChI=1S/C18H16FN3O2/c1-12(23)15-4-2-3-5-16(15)20-18(24)17-10-11-22(21-17)14-8-6-13(19)7-9-14/h2-12,23H,1H3,(H,20,24). The van der Waals surface area contributed by atoms with E-state index in [1.165, 1.54) is 16.8 Å². The molecule has 1 aromatic heterocycles. The highest BCUT2D eigenvalue weighted by Crippen LogP contribution is 2.22. The molecule has 0 bridgehead atoms. The first-order chi connectivity index (χ1) is 11.5. The average molecular weight is 325 g/mol. The number of amides is 1. The fourth-order valence-electron chi connectivity index (χ4n) is 2.34. The second-order valence-electron chi connectivity index (χ2n) is 5.34. The quantitative estimate of drug-likeness (QED) is 0.773. The van der Waals surface area contributed by atoms with Gasteiger partial charge in [0.25, 0.3) is 5.91 Å². The second-order valence-corrected chi connectivity index (χ2v) is 5.34. The summed E-state index contributed by atoms with van der Waals surface area (Å²) >= 11 is 0. The molecule has 0 aliphatic heterocycles. The molecule has 122 valence electrons. The molecular formula is C18H16FN3O2. The summed E-state index contributed by atoms with van der Waals surface area (Å²) in [5.74, 6) is -0.720. The molecule has 6 heteroatoms. The minimum absolute atomic E-state index is 0.222. The zero-order chi connectivity index (χ0) is 17.1. The van der Waals surface area contributed by atoms with E-state index in [1.54, 1.807) is 55.6 Å². The summed E-state index contributed by atoms with van der Waals surface area (Å²) in [6, 6.07) is 14.4. The summed E-state index contributed by atoms with van der Waals surface area (Å²) < 4.78 is 14.5. The molecule has 3 aromatic rings. The van der Waals surface area contributed by atoms with Crippen LogP contribution in [0, 0.1) is 5.82 Å². The Balaban J connectivity index is 1.81. The van der Waals surface area contributed by atoms with Gasteiger partial charge in [0.15, 0.2) is 5.69 Å². The number of carbonyl (C=O) groups excluding carboxylic acids is 1. The fourth-order valence-corrected chi connectivity index (χ4v) is 2.34. The summed E-state index contributed by atoms with van der Waals surface area (Å²) in [6.45, 7) is 1.63. The van der Waals surface area contributed by atoms with Gasteiger partial charge in [-0.25, -0.2) is 9.07 Å². The van der Waals surface area contributed by atoms with Gasteiger partial charge < -0.3 is 10.4 Å². The number of aromatic nitrogens is 2. The maximum absolute atomic E-state index is 13.0. The monoisotopic (exact) mass is 325 g/mol. The van der Waals surface area contributed by atoms with E-state index < -0.39 is 6.10 Å². The van der Waals surface area contributed by atoms with Crippen molar-refractivity contribution in [3.63, 3.8) is 0 Å². The largest absolute Gasteiger partial charge is 0.389 e. The summed E-state index contributed by atoms with van der Waals surface area (Å²) in [6.07, 6.45) is 0.932. The number of nitrogens with one attached hydrogen (secondary N) is 1. The smallest absolute Gasteiger partial charge is 0.276 e. The maximum Gasteiger partial charge on any atom is 0.276 e. The average Bonchev–Trinajstić information content (AvgIpc) is 3.06. The number of hydrogen-bond donors (Lipinski definition) is 2. The van der Waals surface area contributed by atoms with Crippen LogP contribution in [0.4, 0.5) is 10.1 Å². The van der Waals surface area contributed by atoms with Gasteiger partial charge in [-0.2, -0.15) is 5.10 Å². The highest BCUT2D eigenvalue weighted by Gasteiger charge is 2.14. The van der Waals surface area contributed by atoms with Crippen molar-refractivity contribution in [1.82, 2.24) is 9.78 Å². The van der Waals surface area contributed by atoms with Crippen LogP contribution in [0.25, 0.3) is 5.69 Å². The first-order valence-electron chi connectivity index (χ1n) is 7.44. The van der Waals surface area contributed by atoms with Crippen molar-refractivity contribution in [3.05, 3.63) is 77.9 Å². The first-order valence-corrected chi connectivity index (χ1v) is 7.44. The molecule has 0 radical (unpaired) electrons. The van der Waals surface area contributed by atoms with Crippen molar-refractivity contribution in [3.8, 4) is 5.69 Å². The first kappa shape index (κ1) is 15.9. The van der Waals surface area contributed by atoms with Gasteiger partial charge in [-0.15, -0.1) is 0 Å². The number of aliphatic hydroxyl groups is 1. The lowest BCUT2D eigenvalue weighted by Crippen LogP contribution is -2.15. The van der Waals surface area contributed by atoms with Gasteiger partial charge in [-0.1, -0.05) is 18.2 Å². The van der Waals surface area contributed by atoms with Crippen molar-refractivity contribution < 1.29 is 14.3 Å². The molecule has 1 atom stereocenters. The van der Waals surface area contributed by atoms with E-state index in [-0.39, 0.29) is 17.4 Å². The lowest BCUT2D eigenvalue weighted by atomic mass is 10.1. The number of benzene rings is 2. The lowest BCUT2D eigenvalue weighted by Gasteiger charge is -2.12. The predicted molar refractivity (Wildman–Crippen MR) is 88.6 cm³/mol. The van der Waals surface area contributed by atoms with E-state index in [2.05, 4.69) is 10.4 Å². The zero-order valence-electron chi connectivity index (χ0n) is 13.0. The predicted octanol–water partition coefficient (Wildman–Crippen LogP) is 3.32. The Morgan fingerprint density at radius 3 is 2.58 bits per heavy atom. The number of para-hydroxylation sites is 1. The van der Waals surface area contributed by atoms with Crippen LogP contribution in [0.1, 0.15) is 29.1 Å². The van der Waals surface area contributed by atoms with Gasteiger partial charge in [-0.3, -0.25) is 4.79 Å². The number of carbonyl (C=O) groups is 1. The highest BCUT2D eigenvalue weighted by molar-refractivity contribution is 6.03. The Morgan fingerprint density at radius 2 is 1.88 bits per heavy atom. The molecule has 0 aliphatic rings. The van der Waals surface area contributed by atoms with Crippen LogP contribution >= 0.6 is 0 Å². The molecule has 0 fully saturated rings. The van der Waals surface area contributed by atoms with E-state index in [0.717, 1.165) is 0 Å². The molecule has 2 aromatic carbocycles. The number of hydrogen-bond acceptors (Lipinski definition) is 3. The number of aliphatic hydroxyl groups excluding tert-OH is 1. The van der Waals surface area contributed by atoms with Crippen LogP contribution in [0.2, 0.25) is 0 Å². The van der Waals surface area contributed by atoms with Crippen molar-refractivity contribution in [1.29, 1.82) is 0 Å². The van der Waals surface area contributed by atoms with Gasteiger partial charge in [0.05, 0.1) is 11.8 Å². The zero-order valence-corrected chi connectivity index (χ0v) is 13.0. The summed E-state index contributed by atoms with van der Waals surface area (Å²) in [4.78, 5) is 12.4. The Bertz CT molecular complexity index is 857. The van der Waals surface area contributed by atoms with Crippen LogP contribution in [-0.2, 0) is 0 Å². The molecule has 0 aliphatic carbocycles. The van der Waals surface area contributed by atoms with E-state index in [4.69, 9.17) is 0 Å². The lowest BCUT2D eigenvalue weighted by molar-refractivity contribution is 0.102. The molecule has 3 rings (SSSR count). The van der Waals surface area contributed by atoms with Crippen LogP contribution in [0.3, 0.4) is 0 Å². The third kappa shape index (κ3) is 3.33. The van der Waals surface area contributed by atoms with Crippen LogP contribution in [0.15, 0.2) is 60.8 Å². The van der Waals surface area contributed by atoms with Crippen LogP contribution in [-0.4, -0.2) is 20.8 Å². The maximum atomic E-state index is 13.0. The molecule has 0 saturated carbocycles. The van der Waals surface area contributed by atoms with Crippen molar-refractivity contribution >= 4 is 11.6 Å². The number of rotatable bonds is 4. The molecule has 5 nitrogen and oxygen atoms in total. The number of anilines is 1. The normalized spacial score (nSPS) is 12.0. The van der Waals surface area contributed by atoms with Crippen molar-refractivity contribution in [2.75, 3.05) is 5.32 Å². The molecular weight excluding hydrogens is 309 g/mol. The molecule has 1 heterocycles. The van der Waals surface area contributed by atoms with E-state index in [9.17, 15) is 14.3 Å².